The minimum atomic E-state index is -0.518. The number of hydrogen-bond donors (Lipinski definition) is 0. The van der Waals surface area contributed by atoms with Gasteiger partial charge >= 0.3 is 5.97 Å². The lowest BCUT2D eigenvalue weighted by molar-refractivity contribution is -0.128. The molecule has 1 fully saturated rings. The van der Waals surface area contributed by atoms with E-state index < -0.39 is 5.97 Å². The van der Waals surface area contributed by atoms with Gasteiger partial charge in [0.15, 0.2) is 5.16 Å². The van der Waals surface area contributed by atoms with Crippen LogP contribution in [-0.2, 0) is 16.1 Å². The van der Waals surface area contributed by atoms with Gasteiger partial charge in [-0.1, -0.05) is 23.9 Å². The van der Waals surface area contributed by atoms with Crippen LogP contribution in [0, 0.1) is 0 Å². The van der Waals surface area contributed by atoms with Gasteiger partial charge in [-0.2, -0.15) is 0 Å². The number of carbonyl (C=O) groups is 2. The molecule has 5 rings (SSSR count). The number of benzene rings is 2. The highest BCUT2D eigenvalue weighted by atomic mass is 32.2. The maximum Gasteiger partial charge on any atom is 0.337 e. The summed E-state index contributed by atoms with van der Waals surface area (Å²) in [6.07, 6.45) is 1.54. The molecular weight excluding hydrogens is 520 g/mol. The van der Waals surface area contributed by atoms with Crippen LogP contribution < -0.4 is 15.2 Å². The van der Waals surface area contributed by atoms with Gasteiger partial charge in [0.25, 0.3) is 5.56 Å². The van der Waals surface area contributed by atoms with Gasteiger partial charge in [0.2, 0.25) is 5.91 Å². The molecule has 0 spiro atoms. The molecule has 0 unspecified atom stereocenters. The summed E-state index contributed by atoms with van der Waals surface area (Å²) in [5, 5.41) is 0.726. The number of aromatic nitrogens is 2. The van der Waals surface area contributed by atoms with Crippen molar-refractivity contribution >= 4 is 40.2 Å². The molecular formula is C28H28N4O6S. The topological polar surface area (TPSA) is 107 Å². The predicted molar refractivity (Wildman–Crippen MR) is 148 cm³/mol. The second-order valence-corrected chi connectivity index (χ2v) is 9.86. The number of furan rings is 1. The number of ether oxygens (including phenoxy) is 2. The molecule has 1 amide bonds. The lowest BCUT2D eigenvalue weighted by atomic mass is 10.1. The van der Waals surface area contributed by atoms with Crippen molar-refractivity contribution in [2.24, 2.45) is 0 Å². The molecule has 202 valence electrons. The molecule has 10 nitrogen and oxygen atoms in total. The third kappa shape index (κ3) is 5.63. The molecule has 0 radical (unpaired) electrons. The van der Waals surface area contributed by atoms with Crippen molar-refractivity contribution < 1.29 is 23.5 Å². The number of thioether (sulfide) groups is 1. The summed E-state index contributed by atoms with van der Waals surface area (Å²) in [6.45, 7) is 2.69. The molecule has 0 N–H and O–H groups in total. The van der Waals surface area contributed by atoms with E-state index in [9.17, 15) is 14.4 Å². The van der Waals surface area contributed by atoms with E-state index in [-0.39, 0.29) is 23.8 Å². The normalized spacial score (nSPS) is 13.5. The molecule has 2 aromatic heterocycles. The lowest BCUT2D eigenvalue weighted by Crippen LogP contribution is -2.49. The summed E-state index contributed by atoms with van der Waals surface area (Å²) in [5.41, 5.74) is 1.38. The van der Waals surface area contributed by atoms with E-state index in [0.717, 1.165) is 11.4 Å². The first kappa shape index (κ1) is 26.4. The van der Waals surface area contributed by atoms with Crippen molar-refractivity contribution in [3.63, 3.8) is 0 Å². The van der Waals surface area contributed by atoms with Crippen LogP contribution in [0.5, 0.6) is 5.75 Å². The first-order valence-corrected chi connectivity index (χ1v) is 13.4. The molecule has 1 saturated heterocycles. The van der Waals surface area contributed by atoms with Crippen LogP contribution in [0.25, 0.3) is 10.9 Å². The zero-order valence-electron chi connectivity index (χ0n) is 21.7. The molecule has 2 aromatic carbocycles. The molecule has 0 atom stereocenters. The highest BCUT2D eigenvalue weighted by Gasteiger charge is 2.24. The predicted octanol–water partition coefficient (Wildman–Crippen LogP) is 3.27. The average Bonchev–Trinajstić information content (AvgIpc) is 3.50. The maximum absolute atomic E-state index is 13.4. The van der Waals surface area contributed by atoms with Crippen molar-refractivity contribution in [2.75, 3.05) is 51.1 Å². The number of hydrogen-bond acceptors (Lipinski definition) is 9. The first-order valence-electron chi connectivity index (χ1n) is 12.4. The Balaban J connectivity index is 1.34. The molecule has 0 bridgehead atoms. The van der Waals surface area contributed by atoms with E-state index in [2.05, 4.69) is 9.88 Å². The SMILES string of the molecule is COC(=O)c1ccc2c(=O)n(Cc3ccco3)c(SCC(=O)N3CCN(c4ccccc4OC)CC3)nc2c1. The first-order chi connectivity index (χ1) is 19.0. The maximum atomic E-state index is 13.4. The lowest BCUT2D eigenvalue weighted by Gasteiger charge is -2.36. The minimum absolute atomic E-state index is 0.0399. The molecule has 4 aromatic rings. The monoisotopic (exact) mass is 548 g/mol. The van der Waals surface area contributed by atoms with Crippen LogP contribution in [0.3, 0.4) is 0 Å². The Bertz CT molecular complexity index is 1540. The van der Waals surface area contributed by atoms with Crippen LogP contribution in [0.4, 0.5) is 5.69 Å². The number of esters is 1. The Morgan fingerprint density at radius 1 is 1.03 bits per heavy atom. The highest BCUT2D eigenvalue weighted by molar-refractivity contribution is 7.99. The van der Waals surface area contributed by atoms with Gasteiger partial charge in [0.1, 0.15) is 11.5 Å². The Kier molecular flexibility index (Phi) is 7.87. The molecule has 39 heavy (non-hydrogen) atoms. The summed E-state index contributed by atoms with van der Waals surface area (Å²) in [4.78, 5) is 47.3. The van der Waals surface area contributed by atoms with Gasteiger partial charge in [0.05, 0.1) is 54.9 Å². The molecule has 1 aliphatic heterocycles. The van der Waals surface area contributed by atoms with Crippen molar-refractivity contribution in [3.05, 3.63) is 82.5 Å². The van der Waals surface area contributed by atoms with Gasteiger partial charge in [0, 0.05) is 26.2 Å². The van der Waals surface area contributed by atoms with Crippen LogP contribution >= 0.6 is 11.8 Å². The third-order valence-corrected chi connectivity index (χ3v) is 7.58. The van der Waals surface area contributed by atoms with Crippen LogP contribution in [-0.4, -0.2) is 72.5 Å². The van der Waals surface area contributed by atoms with E-state index in [1.807, 2.05) is 29.2 Å². The number of fused-ring (bicyclic) bond motifs is 1. The number of methoxy groups -OCH3 is 2. The fraction of sp³-hybridized carbons (Fsp3) is 0.286. The summed E-state index contributed by atoms with van der Waals surface area (Å²) in [7, 11) is 2.95. The van der Waals surface area contributed by atoms with Gasteiger partial charge in [-0.3, -0.25) is 14.2 Å². The van der Waals surface area contributed by atoms with Crippen molar-refractivity contribution in [3.8, 4) is 5.75 Å². The van der Waals surface area contributed by atoms with E-state index in [1.54, 1.807) is 31.6 Å². The number of para-hydroxylation sites is 2. The number of amides is 1. The van der Waals surface area contributed by atoms with Crippen LogP contribution in [0.15, 0.2) is 75.2 Å². The highest BCUT2D eigenvalue weighted by Crippen LogP contribution is 2.28. The molecule has 3 heterocycles. The van der Waals surface area contributed by atoms with E-state index >= 15 is 0 Å². The molecule has 0 saturated carbocycles. The second kappa shape index (κ2) is 11.6. The summed E-state index contributed by atoms with van der Waals surface area (Å²) >= 11 is 1.19. The van der Waals surface area contributed by atoms with Crippen LogP contribution in [0.1, 0.15) is 16.1 Å². The van der Waals surface area contributed by atoms with Crippen molar-refractivity contribution in [1.82, 2.24) is 14.5 Å². The molecule has 0 aliphatic carbocycles. The fourth-order valence-electron chi connectivity index (χ4n) is 4.56. The van der Waals surface area contributed by atoms with E-state index in [1.165, 1.54) is 35.6 Å². The van der Waals surface area contributed by atoms with Gasteiger partial charge < -0.3 is 23.7 Å². The second-order valence-electron chi connectivity index (χ2n) is 8.92. The quantitative estimate of drug-likeness (QED) is 0.186. The average molecular weight is 549 g/mol. The minimum Gasteiger partial charge on any atom is -0.495 e. The van der Waals surface area contributed by atoms with Crippen LogP contribution in [0.2, 0.25) is 0 Å². The smallest absolute Gasteiger partial charge is 0.337 e. The summed E-state index contributed by atoms with van der Waals surface area (Å²) in [5.74, 6) is 0.948. The Morgan fingerprint density at radius 3 is 2.54 bits per heavy atom. The number of rotatable bonds is 8. The van der Waals surface area contributed by atoms with Crippen molar-refractivity contribution in [2.45, 2.75) is 11.7 Å². The Morgan fingerprint density at radius 2 is 1.82 bits per heavy atom. The number of piperazine rings is 1. The summed E-state index contributed by atoms with van der Waals surface area (Å²) < 4.78 is 17.2. The van der Waals surface area contributed by atoms with Crippen molar-refractivity contribution in [1.29, 1.82) is 0 Å². The number of carbonyl (C=O) groups excluding carboxylic acids is 2. The number of anilines is 1. The summed E-state index contributed by atoms with van der Waals surface area (Å²) in [6, 6.07) is 16.0. The fourth-order valence-corrected chi connectivity index (χ4v) is 5.46. The number of nitrogens with zero attached hydrogens (tertiary/aromatic N) is 4. The standard InChI is InChI=1S/C28H28N4O6S/c1-36-24-8-4-3-7-23(24)30-11-13-31(14-12-30)25(33)18-39-28-29-22-16-19(27(35)37-2)9-10-21(22)26(34)32(28)17-20-6-5-15-38-20/h3-10,15-16H,11-14,17-18H2,1-2H3. The zero-order chi connectivity index (χ0) is 27.4. The third-order valence-electron chi connectivity index (χ3n) is 6.62. The van der Waals surface area contributed by atoms with E-state index in [4.69, 9.17) is 13.9 Å². The van der Waals surface area contributed by atoms with Gasteiger partial charge in [-0.05, 0) is 42.5 Å². The largest absolute Gasteiger partial charge is 0.495 e. The van der Waals surface area contributed by atoms with Gasteiger partial charge in [-0.25, -0.2) is 9.78 Å². The Hall–Kier alpha value is -4.25. The Labute approximate surface area is 229 Å². The molecule has 1 aliphatic rings. The molecule has 11 heteroatoms. The van der Waals surface area contributed by atoms with Gasteiger partial charge in [-0.15, -0.1) is 0 Å². The zero-order valence-corrected chi connectivity index (χ0v) is 22.5. The van der Waals surface area contributed by atoms with E-state index in [0.29, 0.717) is 53.6 Å².